The second-order valence-electron chi connectivity index (χ2n) is 4.92. The minimum absolute atomic E-state index is 0.0983. The first kappa shape index (κ1) is 15.2. The normalized spacial score (nSPS) is 14.5. The molecule has 1 fully saturated rings. The maximum Gasteiger partial charge on any atom is 0.324 e. The number of hydrogen-bond acceptors (Lipinski definition) is 4. The van der Waals surface area contributed by atoms with Crippen LogP contribution >= 0.6 is 0 Å². The van der Waals surface area contributed by atoms with Crippen molar-refractivity contribution in [1.82, 2.24) is 15.1 Å². The second-order valence-corrected chi connectivity index (χ2v) is 4.92. The largest absolute Gasteiger partial charge is 0.494 e. The van der Waals surface area contributed by atoms with Gasteiger partial charge < -0.3 is 10.1 Å². The number of carbonyl (C=O) groups is 2. The molecule has 1 saturated heterocycles. The highest BCUT2D eigenvalue weighted by Crippen LogP contribution is 2.18. The molecule has 0 aromatic heterocycles. The molecule has 1 aromatic carbocycles. The summed E-state index contributed by atoms with van der Waals surface area (Å²) in [7, 11) is 3.15. The van der Waals surface area contributed by atoms with Gasteiger partial charge in [-0.1, -0.05) is 6.07 Å². The predicted molar refractivity (Wildman–Crippen MR) is 74.4 cm³/mol. The average Bonchev–Trinajstić information content (AvgIpc) is 2.85. The van der Waals surface area contributed by atoms with Gasteiger partial charge in [-0.2, -0.15) is 0 Å². The zero-order chi connectivity index (χ0) is 15.4. The Balaban J connectivity index is 1.92. The van der Waals surface area contributed by atoms with Crippen molar-refractivity contribution in [1.29, 1.82) is 0 Å². The number of rotatable bonds is 5. The average molecular weight is 295 g/mol. The summed E-state index contributed by atoms with van der Waals surface area (Å²) in [6.07, 6.45) is 0. The van der Waals surface area contributed by atoms with E-state index in [-0.39, 0.29) is 24.2 Å². The number of carbonyl (C=O) groups excluding carboxylic acids is 2. The van der Waals surface area contributed by atoms with Gasteiger partial charge in [0.2, 0.25) is 5.91 Å². The van der Waals surface area contributed by atoms with E-state index >= 15 is 0 Å². The summed E-state index contributed by atoms with van der Waals surface area (Å²) >= 11 is 0. The lowest BCUT2D eigenvalue weighted by Gasteiger charge is -2.19. The van der Waals surface area contributed by atoms with Crippen molar-refractivity contribution >= 4 is 11.9 Å². The van der Waals surface area contributed by atoms with Crippen LogP contribution < -0.4 is 10.1 Å². The summed E-state index contributed by atoms with van der Waals surface area (Å²) in [4.78, 5) is 26.3. The number of ether oxygens (including phenoxy) is 1. The Morgan fingerprint density at radius 1 is 1.52 bits per heavy atom. The highest BCUT2D eigenvalue weighted by molar-refractivity contribution is 5.96. The van der Waals surface area contributed by atoms with Crippen LogP contribution in [0.1, 0.15) is 5.56 Å². The van der Waals surface area contributed by atoms with E-state index in [4.69, 9.17) is 4.74 Å². The lowest BCUT2D eigenvalue weighted by atomic mass is 10.2. The molecular formula is C14H18FN3O3. The maximum absolute atomic E-state index is 13.6. The van der Waals surface area contributed by atoms with Gasteiger partial charge >= 0.3 is 6.03 Å². The molecule has 1 aromatic rings. The van der Waals surface area contributed by atoms with Gasteiger partial charge in [-0.3, -0.25) is 14.6 Å². The minimum Gasteiger partial charge on any atom is -0.494 e. The number of amides is 3. The van der Waals surface area contributed by atoms with E-state index in [0.29, 0.717) is 19.6 Å². The first-order valence-corrected chi connectivity index (χ1v) is 6.60. The lowest BCUT2D eigenvalue weighted by Crippen LogP contribution is -2.40. The number of likely N-dealkylation sites (N-methyl/N-ethyl adjacent to an activating group) is 1. The van der Waals surface area contributed by atoms with Crippen molar-refractivity contribution in [2.75, 3.05) is 33.8 Å². The molecule has 7 heteroatoms. The number of hydrogen-bond donors (Lipinski definition) is 1. The molecule has 1 aliphatic heterocycles. The molecule has 0 radical (unpaired) electrons. The fourth-order valence-electron chi connectivity index (χ4n) is 2.20. The molecule has 0 atom stereocenters. The van der Waals surface area contributed by atoms with Gasteiger partial charge in [0.25, 0.3) is 0 Å². The Bertz CT molecular complexity index is 550. The number of nitrogens with zero attached hydrogens (tertiary/aromatic N) is 2. The van der Waals surface area contributed by atoms with Crippen LogP contribution in [0.2, 0.25) is 0 Å². The van der Waals surface area contributed by atoms with Crippen molar-refractivity contribution in [3.8, 4) is 5.75 Å². The van der Waals surface area contributed by atoms with Gasteiger partial charge in [-0.05, 0) is 24.7 Å². The van der Waals surface area contributed by atoms with Crippen LogP contribution in [0.25, 0.3) is 0 Å². The quantitative estimate of drug-likeness (QED) is 0.873. The van der Waals surface area contributed by atoms with E-state index in [1.165, 1.54) is 18.1 Å². The van der Waals surface area contributed by atoms with Gasteiger partial charge in [0, 0.05) is 19.6 Å². The van der Waals surface area contributed by atoms with Gasteiger partial charge in [0.05, 0.1) is 13.7 Å². The monoisotopic (exact) mass is 295 g/mol. The molecular weight excluding hydrogens is 277 g/mol. The topological polar surface area (TPSA) is 61.9 Å². The minimum atomic E-state index is -0.436. The van der Waals surface area contributed by atoms with Gasteiger partial charge in [0.1, 0.15) is 0 Å². The van der Waals surface area contributed by atoms with E-state index in [0.717, 1.165) is 5.56 Å². The van der Waals surface area contributed by atoms with Gasteiger partial charge in [-0.25, -0.2) is 9.18 Å². The fraction of sp³-hybridized carbons (Fsp3) is 0.429. The molecule has 2 rings (SSSR count). The summed E-state index contributed by atoms with van der Waals surface area (Å²) in [6, 6.07) is 4.31. The predicted octanol–water partition coefficient (Wildman–Crippen LogP) is 0.818. The van der Waals surface area contributed by atoms with Crippen molar-refractivity contribution in [3.05, 3.63) is 29.6 Å². The van der Waals surface area contributed by atoms with E-state index in [1.807, 2.05) is 0 Å². The number of urea groups is 1. The smallest absolute Gasteiger partial charge is 0.324 e. The third-order valence-electron chi connectivity index (χ3n) is 3.23. The molecule has 21 heavy (non-hydrogen) atoms. The van der Waals surface area contributed by atoms with Crippen LogP contribution in [0.5, 0.6) is 5.75 Å². The number of nitrogens with one attached hydrogen (secondary N) is 1. The first-order valence-electron chi connectivity index (χ1n) is 6.60. The van der Waals surface area contributed by atoms with Crippen LogP contribution in [0, 0.1) is 5.82 Å². The Morgan fingerprint density at radius 3 is 2.86 bits per heavy atom. The van der Waals surface area contributed by atoms with E-state index < -0.39 is 5.82 Å². The van der Waals surface area contributed by atoms with Crippen LogP contribution in [0.15, 0.2) is 18.2 Å². The highest BCUT2D eigenvalue weighted by Gasteiger charge is 2.26. The molecule has 0 unspecified atom stereocenters. The number of halogens is 1. The molecule has 1 N–H and O–H groups in total. The van der Waals surface area contributed by atoms with Crippen molar-refractivity contribution < 1.29 is 18.7 Å². The summed E-state index contributed by atoms with van der Waals surface area (Å²) < 4.78 is 18.4. The Labute approximate surface area is 122 Å². The van der Waals surface area contributed by atoms with Crippen LogP contribution in [-0.2, 0) is 11.3 Å². The zero-order valence-corrected chi connectivity index (χ0v) is 12.1. The lowest BCUT2D eigenvalue weighted by molar-refractivity contribution is -0.128. The number of methoxy groups -OCH3 is 1. The third-order valence-corrected chi connectivity index (χ3v) is 3.23. The SMILES string of the molecule is COc1ccc(CN(C)CC(=O)N2CCNC2=O)cc1F. The Morgan fingerprint density at radius 2 is 2.29 bits per heavy atom. The van der Waals surface area contributed by atoms with Gasteiger partial charge in [0.15, 0.2) is 11.6 Å². The van der Waals surface area contributed by atoms with E-state index in [2.05, 4.69) is 5.32 Å². The molecule has 3 amide bonds. The molecule has 114 valence electrons. The summed E-state index contributed by atoms with van der Waals surface area (Å²) in [6.45, 7) is 1.38. The molecule has 0 aliphatic carbocycles. The maximum atomic E-state index is 13.6. The zero-order valence-electron chi connectivity index (χ0n) is 12.1. The standard InChI is InChI=1S/C14H18FN3O3/c1-17(9-13(19)18-6-5-16-14(18)20)8-10-3-4-12(21-2)11(15)7-10/h3-4,7H,5-6,8-9H2,1-2H3,(H,16,20). The molecule has 6 nitrogen and oxygen atoms in total. The molecule has 0 saturated carbocycles. The van der Waals surface area contributed by atoms with E-state index in [1.54, 1.807) is 24.1 Å². The molecule has 0 bridgehead atoms. The summed E-state index contributed by atoms with van der Waals surface area (Å²) in [5.41, 5.74) is 0.731. The Hall–Kier alpha value is -2.15. The van der Waals surface area contributed by atoms with Crippen LogP contribution in [-0.4, -0.2) is 55.5 Å². The van der Waals surface area contributed by atoms with Gasteiger partial charge in [-0.15, -0.1) is 0 Å². The summed E-state index contributed by atoms with van der Waals surface area (Å²) in [5.74, 6) is -0.513. The van der Waals surface area contributed by atoms with Crippen LogP contribution in [0.3, 0.4) is 0 Å². The molecule has 1 aliphatic rings. The van der Waals surface area contributed by atoms with Crippen molar-refractivity contribution in [3.63, 3.8) is 0 Å². The summed E-state index contributed by atoms with van der Waals surface area (Å²) in [5, 5.41) is 2.58. The highest BCUT2D eigenvalue weighted by atomic mass is 19.1. The van der Waals surface area contributed by atoms with Crippen LogP contribution in [0.4, 0.5) is 9.18 Å². The number of imide groups is 1. The van der Waals surface area contributed by atoms with E-state index in [9.17, 15) is 14.0 Å². The van der Waals surface area contributed by atoms with Crippen molar-refractivity contribution in [2.24, 2.45) is 0 Å². The third kappa shape index (κ3) is 3.69. The molecule has 0 spiro atoms. The fourth-order valence-corrected chi connectivity index (χ4v) is 2.20. The molecule has 1 heterocycles. The second kappa shape index (κ2) is 6.53. The number of benzene rings is 1. The Kier molecular flexibility index (Phi) is 4.74. The van der Waals surface area contributed by atoms with Crippen molar-refractivity contribution in [2.45, 2.75) is 6.54 Å². The first-order chi connectivity index (χ1) is 10.0.